The highest BCUT2D eigenvalue weighted by atomic mass is 15.0. The Hall–Kier alpha value is -1.02. The van der Waals surface area contributed by atoms with Gasteiger partial charge in [0.2, 0.25) is 0 Å². The summed E-state index contributed by atoms with van der Waals surface area (Å²) in [7, 11) is 0. The maximum absolute atomic E-state index is 3.46. The van der Waals surface area contributed by atoms with Crippen LogP contribution in [0.15, 0.2) is 24.3 Å². The van der Waals surface area contributed by atoms with E-state index < -0.39 is 0 Å². The van der Waals surface area contributed by atoms with E-state index in [0.29, 0.717) is 0 Å². The van der Waals surface area contributed by atoms with Crippen LogP contribution in [0.25, 0.3) is 0 Å². The Morgan fingerprint density at radius 2 is 1.65 bits per heavy atom. The monoisotopic (exact) mass is 234 g/mol. The minimum Gasteiger partial charge on any atom is -0.384 e. The topological polar surface area (TPSA) is 24.1 Å². The molecule has 0 amide bonds. The first kappa shape index (κ1) is 14.0. The van der Waals surface area contributed by atoms with Crippen molar-refractivity contribution in [1.29, 1.82) is 0 Å². The lowest BCUT2D eigenvalue weighted by molar-refractivity contribution is 0.435. The summed E-state index contributed by atoms with van der Waals surface area (Å²) >= 11 is 0. The number of benzene rings is 1. The molecular weight excluding hydrogens is 208 g/mol. The van der Waals surface area contributed by atoms with Crippen LogP contribution in [0.5, 0.6) is 0 Å². The van der Waals surface area contributed by atoms with Gasteiger partial charge in [-0.3, -0.25) is 0 Å². The molecule has 0 radical (unpaired) electrons. The molecule has 0 fully saturated rings. The van der Waals surface area contributed by atoms with Gasteiger partial charge in [0.25, 0.3) is 0 Å². The van der Waals surface area contributed by atoms with Crippen LogP contribution in [0.4, 0.5) is 5.69 Å². The van der Waals surface area contributed by atoms with Crippen LogP contribution in [0, 0.1) is 0 Å². The Kier molecular flexibility index (Phi) is 5.49. The van der Waals surface area contributed by atoms with Crippen molar-refractivity contribution in [3.8, 4) is 0 Å². The highest BCUT2D eigenvalue weighted by Crippen LogP contribution is 2.10. The van der Waals surface area contributed by atoms with Gasteiger partial charge in [-0.25, -0.2) is 0 Å². The molecule has 1 aromatic rings. The summed E-state index contributed by atoms with van der Waals surface area (Å²) in [5.74, 6) is 0. The minimum absolute atomic E-state index is 0.201. The number of anilines is 1. The SMILES string of the molecule is CCCc1ccc(NCCNC(C)(C)C)cc1. The van der Waals surface area contributed by atoms with Crippen LogP contribution < -0.4 is 10.6 Å². The quantitative estimate of drug-likeness (QED) is 0.737. The molecule has 2 nitrogen and oxygen atoms in total. The molecule has 0 saturated heterocycles. The highest BCUT2D eigenvalue weighted by molar-refractivity contribution is 5.44. The molecule has 1 aromatic carbocycles. The Balaban J connectivity index is 2.27. The zero-order valence-electron chi connectivity index (χ0n) is 11.6. The molecule has 0 saturated carbocycles. The summed E-state index contributed by atoms with van der Waals surface area (Å²) in [6, 6.07) is 8.76. The molecule has 1 rings (SSSR count). The van der Waals surface area contributed by atoms with Gasteiger partial charge < -0.3 is 10.6 Å². The third kappa shape index (κ3) is 6.32. The van der Waals surface area contributed by atoms with E-state index in [1.165, 1.54) is 24.1 Å². The molecule has 96 valence electrons. The smallest absolute Gasteiger partial charge is 0.0340 e. The van der Waals surface area contributed by atoms with Gasteiger partial charge in [-0.1, -0.05) is 25.5 Å². The first-order chi connectivity index (χ1) is 8.01. The van der Waals surface area contributed by atoms with Crippen LogP contribution >= 0.6 is 0 Å². The second-order valence-electron chi connectivity index (χ2n) is 5.55. The van der Waals surface area contributed by atoms with Crippen LogP contribution in [0.2, 0.25) is 0 Å². The lowest BCUT2D eigenvalue weighted by Crippen LogP contribution is -2.38. The summed E-state index contributed by atoms with van der Waals surface area (Å²) in [5, 5.41) is 6.89. The van der Waals surface area contributed by atoms with Gasteiger partial charge in [-0.15, -0.1) is 0 Å². The molecule has 0 bridgehead atoms. The fourth-order valence-electron chi connectivity index (χ4n) is 1.72. The van der Waals surface area contributed by atoms with Crippen molar-refractivity contribution in [2.45, 2.75) is 46.1 Å². The summed E-state index contributed by atoms with van der Waals surface area (Å²) in [6.45, 7) is 10.7. The fourth-order valence-corrected chi connectivity index (χ4v) is 1.72. The largest absolute Gasteiger partial charge is 0.384 e. The molecule has 0 aliphatic carbocycles. The lowest BCUT2D eigenvalue weighted by atomic mass is 10.1. The van der Waals surface area contributed by atoms with Crippen molar-refractivity contribution < 1.29 is 0 Å². The van der Waals surface area contributed by atoms with E-state index >= 15 is 0 Å². The highest BCUT2D eigenvalue weighted by Gasteiger charge is 2.06. The van der Waals surface area contributed by atoms with Gasteiger partial charge in [0, 0.05) is 24.3 Å². The van der Waals surface area contributed by atoms with Crippen molar-refractivity contribution in [1.82, 2.24) is 5.32 Å². The fraction of sp³-hybridized carbons (Fsp3) is 0.600. The molecule has 0 unspecified atom stereocenters. The Morgan fingerprint density at radius 3 is 2.18 bits per heavy atom. The standard InChI is InChI=1S/C15H26N2/c1-5-6-13-7-9-14(10-8-13)16-11-12-17-15(2,3)4/h7-10,16-17H,5-6,11-12H2,1-4H3. The molecule has 0 aliphatic heterocycles. The summed E-state index contributed by atoms with van der Waals surface area (Å²) in [4.78, 5) is 0. The Labute approximate surface area is 106 Å². The van der Waals surface area contributed by atoms with Gasteiger partial charge in [-0.05, 0) is 44.9 Å². The molecule has 0 aliphatic rings. The number of rotatable bonds is 6. The molecule has 2 N–H and O–H groups in total. The minimum atomic E-state index is 0.201. The number of aryl methyl sites for hydroxylation is 1. The van der Waals surface area contributed by atoms with Gasteiger partial charge in [0.05, 0.1) is 0 Å². The van der Waals surface area contributed by atoms with Crippen LogP contribution in [0.1, 0.15) is 39.7 Å². The normalized spacial score (nSPS) is 11.5. The predicted molar refractivity (Wildman–Crippen MR) is 76.7 cm³/mol. The van der Waals surface area contributed by atoms with Gasteiger partial charge in [-0.2, -0.15) is 0 Å². The Bertz CT molecular complexity index is 309. The molecule has 0 spiro atoms. The van der Waals surface area contributed by atoms with Crippen LogP contribution in [0.3, 0.4) is 0 Å². The molecule has 17 heavy (non-hydrogen) atoms. The number of nitrogens with one attached hydrogen (secondary N) is 2. The maximum Gasteiger partial charge on any atom is 0.0340 e. The predicted octanol–water partition coefficient (Wildman–Crippen LogP) is 3.44. The second-order valence-corrected chi connectivity index (χ2v) is 5.55. The molecule has 0 heterocycles. The van der Waals surface area contributed by atoms with Crippen molar-refractivity contribution in [2.75, 3.05) is 18.4 Å². The second kappa shape index (κ2) is 6.65. The molecule has 0 atom stereocenters. The summed E-state index contributed by atoms with van der Waals surface area (Å²) in [5.41, 5.74) is 2.83. The average molecular weight is 234 g/mol. The maximum atomic E-state index is 3.46. The lowest BCUT2D eigenvalue weighted by Gasteiger charge is -2.20. The summed E-state index contributed by atoms with van der Waals surface area (Å²) < 4.78 is 0. The average Bonchev–Trinajstić information content (AvgIpc) is 2.26. The van der Waals surface area contributed by atoms with Crippen LogP contribution in [-0.4, -0.2) is 18.6 Å². The number of hydrogen-bond acceptors (Lipinski definition) is 2. The van der Waals surface area contributed by atoms with Gasteiger partial charge in [0.15, 0.2) is 0 Å². The van der Waals surface area contributed by atoms with Crippen molar-refractivity contribution >= 4 is 5.69 Å². The van der Waals surface area contributed by atoms with E-state index in [9.17, 15) is 0 Å². The third-order valence-electron chi connectivity index (χ3n) is 2.60. The Morgan fingerprint density at radius 1 is 1.00 bits per heavy atom. The zero-order chi connectivity index (χ0) is 12.7. The van der Waals surface area contributed by atoms with Gasteiger partial charge in [0.1, 0.15) is 0 Å². The third-order valence-corrected chi connectivity index (χ3v) is 2.60. The van der Waals surface area contributed by atoms with E-state index in [4.69, 9.17) is 0 Å². The van der Waals surface area contributed by atoms with E-state index in [-0.39, 0.29) is 5.54 Å². The first-order valence-electron chi connectivity index (χ1n) is 6.59. The zero-order valence-corrected chi connectivity index (χ0v) is 11.6. The van der Waals surface area contributed by atoms with Crippen LogP contribution in [-0.2, 0) is 6.42 Å². The van der Waals surface area contributed by atoms with E-state index in [2.05, 4.69) is 62.6 Å². The van der Waals surface area contributed by atoms with Crippen molar-refractivity contribution in [3.05, 3.63) is 29.8 Å². The van der Waals surface area contributed by atoms with E-state index in [1.807, 2.05) is 0 Å². The molecule has 0 aromatic heterocycles. The van der Waals surface area contributed by atoms with Gasteiger partial charge >= 0.3 is 0 Å². The molecular formula is C15H26N2. The van der Waals surface area contributed by atoms with E-state index in [0.717, 1.165) is 13.1 Å². The number of hydrogen-bond donors (Lipinski definition) is 2. The molecule has 2 heteroatoms. The van der Waals surface area contributed by atoms with Crippen molar-refractivity contribution in [3.63, 3.8) is 0 Å². The van der Waals surface area contributed by atoms with E-state index in [1.54, 1.807) is 0 Å². The summed E-state index contributed by atoms with van der Waals surface area (Å²) in [6.07, 6.45) is 2.38. The first-order valence-corrected chi connectivity index (χ1v) is 6.59. The van der Waals surface area contributed by atoms with Crippen molar-refractivity contribution in [2.24, 2.45) is 0 Å².